The van der Waals surface area contributed by atoms with Gasteiger partial charge in [-0.25, -0.2) is 0 Å². The Morgan fingerprint density at radius 2 is 1.94 bits per heavy atom. The number of benzene rings is 1. The number of carbonyl (C=O) groups excluding carboxylic acids is 1. The second-order valence-corrected chi connectivity index (χ2v) is 9.99. The smallest absolute Gasteiger partial charge is 0.220 e. The van der Waals surface area contributed by atoms with E-state index in [0.717, 1.165) is 24.8 Å². The lowest BCUT2D eigenvalue weighted by Crippen LogP contribution is -2.39. The lowest BCUT2D eigenvalue weighted by Gasteiger charge is -2.42. The molecule has 0 radical (unpaired) electrons. The monoisotopic (exact) mass is 442 g/mol. The zero-order valence-electron chi connectivity index (χ0n) is 19.3. The van der Waals surface area contributed by atoms with Crippen LogP contribution >= 0.6 is 11.6 Å². The van der Waals surface area contributed by atoms with Crippen LogP contribution in [0.3, 0.4) is 0 Å². The summed E-state index contributed by atoms with van der Waals surface area (Å²) >= 11 is 6.87. The van der Waals surface area contributed by atoms with Gasteiger partial charge in [-0.1, -0.05) is 71.4 Å². The average Bonchev–Trinajstić information content (AvgIpc) is 2.73. The van der Waals surface area contributed by atoms with Crippen molar-refractivity contribution >= 4 is 23.7 Å². The summed E-state index contributed by atoms with van der Waals surface area (Å²) in [5.74, 6) is 0.823. The van der Waals surface area contributed by atoms with Gasteiger partial charge in [0.25, 0.3) is 0 Å². The molecule has 1 aliphatic carbocycles. The van der Waals surface area contributed by atoms with Gasteiger partial charge in [-0.2, -0.15) is 0 Å². The van der Waals surface area contributed by atoms with Crippen molar-refractivity contribution in [3.8, 4) is 0 Å². The van der Waals surface area contributed by atoms with Gasteiger partial charge < -0.3 is 10.4 Å². The molecule has 1 heterocycles. The largest absolute Gasteiger partial charge is 0.506 e. The summed E-state index contributed by atoms with van der Waals surface area (Å²) in [5, 5.41) is 14.1. The molecule has 0 aromatic heterocycles. The Kier molecular flexibility index (Phi) is 7.31. The van der Waals surface area contributed by atoms with Crippen LogP contribution in [-0.2, 0) is 4.79 Å². The van der Waals surface area contributed by atoms with Crippen LogP contribution in [0.5, 0.6) is 0 Å². The third-order valence-electron chi connectivity index (χ3n) is 6.49. The number of unbranched alkanes of at least 4 members (excludes halogenated alkanes) is 1. The number of fused-ring (bicyclic) bond motifs is 1. The van der Waals surface area contributed by atoms with Crippen molar-refractivity contribution in [2.75, 3.05) is 0 Å². The average molecular weight is 443 g/mol. The molecule has 1 aromatic rings. The number of alkyl halides is 1. The summed E-state index contributed by atoms with van der Waals surface area (Å²) in [7, 11) is 0. The predicted octanol–water partition coefficient (Wildman–Crippen LogP) is 6.59. The fourth-order valence-electron chi connectivity index (χ4n) is 4.52. The number of amides is 1. The van der Waals surface area contributed by atoms with Crippen molar-refractivity contribution < 1.29 is 9.90 Å². The molecule has 31 heavy (non-hydrogen) atoms. The van der Waals surface area contributed by atoms with Crippen LogP contribution in [0.4, 0.5) is 0 Å². The summed E-state index contributed by atoms with van der Waals surface area (Å²) in [4.78, 5) is 17.3. The van der Waals surface area contributed by atoms with Crippen LogP contribution in [0.25, 0.3) is 0 Å². The van der Waals surface area contributed by atoms with Gasteiger partial charge in [0.2, 0.25) is 5.91 Å². The molecule has 2 N–H and O–H groups in total. The molecule has 0 saturated carbocycles. The lowest BCUT2D eigenvalue weighted by atomic mass is 9.69. The zero-order chi connectivity index (χ0) is 22.8. The third kappa shape index (κ3) is 4.90. The number of hydrogen-bond acceptors (Lipinski definition) is 3. The fraction of sp³-hybridized carbons (Fsp3) is 0.538. The molecule has 168 valence electrons. The topological polar surface area (TPSA) is 61.7 Å². The molecule has 0 bridgehead atoms. The maximum Gasteiger partial charge on any atom is 0.220 e. The number of nitrogens with one attached hydrogen (secondary N) is 1. The standard InChI is InChI=1S/C26H35ClN2O2/c1-6-7-8-22(30)29-23(19-11-9-18(10-12-19)16(2)3)20-13-21(27)26(5)14-17(4)15-28-25(26)24(20)31/h9-13,15-17,21,23,31H,6-8,14H2,1-5H3,(H,29,30). The van der Waals surface area contributed by atoms with E-state index in [4.69, 9.17) is 11.6 Å². The number of allylic oxidation sites excluding steroid dienone is 2. The number of aliphatic imine (C=N–C) groups is 1. The van der Waals surface area contributed by atoms with Crippen molar-refractivity contribution in [3.63, 3.8) is 0 Å². The first kappa shape index (κ1) is 23.6. The highest BCUT2D eigenvalue weighted by atomic mass is 35.5. The van der Waals surface area contributed by atoms with Gasteiger partial charge in [0.05, 0.1) is 17.1 Å². The summed E-state index contributed by atoms with van der Waals surface area (Å²) in [6, 6.07) is 7.76. The summed E-state index contributed by atoms with van der Waals surface area (Å²) in [5.41, 5.74) is 2.97. The highest BCUT2D eigenvalue weighted by Crippen LogP contribution is 2.50. The SMILES string of the molecule is CCCCC(=O)NC(C1=CC(Cl)C2(C)CC(C)C=NC2=C1O)c1ccc(C(C)C)cc1. The van der Waals surface area contributed by atoms with Gasteiger partial charge in [-0.3, -0.25) is 9.79 Å². The van der Waals surface area contributed by atoms with Gasteiger partial charge >= 0.3 is 0 Å². The van der Waals surface area contributed by atoms with E-state index in [2.05, 4.69) is 57.1 Å². The Labute approximate surface area is 191 Å². The molecular weight excluding hydrogens is 408 g/mol. The van der Waals surface area contributed by atoms with Crippen molar-refractivity contribution in [2.24, 2.45) is 16.3 Å². The van der Waals surface area contributed by atoms with E-state index in [1.54, 1.807) is 0 Å². The molecule has 3 rings (SSSR count). The van der Waals surface area contributed by atoms with Crippen LogP contribution in [-0.4, -0.2) is 22.6 Å². The van der Waals surface area contributed by atoms with Crippen LogP contribution < -0.4 is 5.32 Å². The van der Waals surface area contributed by atoms with Gasteiger partial charge in [-0.05, 0) is 35.8 Å². The molecule has 4 atom stereocenters. The molecule has 4 unspecified atom stereocenters. The Balaban J connectivity index is 2.03. The minimum Gasteiger partial charge on any atom is -0.506 e. The van der Waals surface area contributed by atoms with Gasteiger partial charge in [-0.15, -0.1) is 11.6 Å². The van der Waals surface area contributed by atoms with Crippen LogP contribution in [0.1, 0.15) is 83.4 Å². The number of halogens is 1. The first-order valence-corrected chi connectivity index (χ1v) is 11.8. The van der Waals surface area contributed by atoms with E-state index in [9.17, 15) is 9.90 Å². The van der Waals surface area contributed by atoms with Crippen LogP contribution in [0.2, 0.25) is 0 Å². The molecule has 4 nitrogen and oxygen atoms in total. The minimum atomic E-state index is -0.474. The maximum absolute atomic E-state index is 12.7. The normalized spacial score (nSPS) is 26.5. The van der Waals surface area contributed by atoms with Crippen molar-refractivity contribution in [3.05, 3.63) is 58.5 Å². The second kappa shape index (κ2) is 9.60. The summed E-state index contributed by atoms with van der Waals surface area (Å²) in [6.45, 7) is 10.5. The minimum absolute atomic E-state index is 0.0290. The van der Waals surface area contributed by atoms with Gasteiger partial charge in [0.15, 0.2) is 0 Å². The Morgan fingerprint density at radius 3 is 2.55 bits per heavy atom. The number of hydrogen-bond donors (Lipinski definition) is 2. The van der Waals surface area contributed by atoms with E-state index in [1.165, 1.54) is 5.56 Å². The lowest BCUT2D eigenvalue weighted by molar-refractivity contribution is -0.121. The second-order valence-electron chi connectivity index (χ2n) is 9.52. The Morgan fingerprint density at radius 1 is 1.29 bits per heavy atom. The number of carbonyl (C=O) groups is 1. The maximum atomic E-state index is 12.7. The quantitative estimate of drug-likeness (QED) is 0.467. The Bertz CT molecular complexity index is 900. The molecule has 1 aromatic carbocycles. The van der Waals surface area contributed by atoms with E-state index in [1.807, 2.05) is 24.4 Å². The summed E-state index contributed by atoms with van der Waals surface area (Å²) < 4.78 is 0. The number of rotatable bonds is 7. The zero-order valence-corrected chi connectivity index (χ0v) is 20.0. The van der Waals surface area contributed by atoms with Gasteiger partial charge in [0.1, 0.15) is 5.76 Å². The summed E-state index contributed by atoms with van der Waals surface area (Å²) in [6.07, 6.45) is 6.86. The molecule has 0 fully saturated rings. The molecule has 1 amide bonds. The van der Waals surface area contributed by atoms with Crippen molar-refractivity contribution in [1.82, 2.24) is 5.32 Å². The molecule has 5 heteroatoms. The number of aliphatic hydroxyl groups is 1. The highest BCUT2D eigenvalue weighted by molar-refractivity contribution is 6.22. The predicted molar refractivity (Wildman–Crippen MR) is 129 cm³/mol. The molecule has 1 aliphatic heterocycles. The van der Waals surface area contributed by atoms with Gasteiger partial charge in [0, 0.05) is 23.6 Å². The van der Waals surface area contributed by atoms with Crippen molar-refractivity contribution in [1.29, 1.82) is 0 Å². The molecule has 0 saturated heterocycles. The number of aliphatic hydroxyl groups excluding tert-OH is 1. The van der Waals surface area contributed by atoms with E-state index in [-0.39, 0.29) is 17.0 Å². The van der Waals surface area contributed by atoms with E-state index in [0.29, 0.717) is 29.5 Å². The first-order valence-electron chi connectivity index (χ1n) is 11.4. The Hall–Kier alpha value is -2.07. The number of nitrogens with zero attached hydrogens (tertiary/aromatic N) is 1. The first-order chi connectivity index (χ1) is 14.7. The highest BCUT2D eigenvalue weighted by Gasteiger charge is 2.45. The molecule has 2 aliphatic rings. The van der Waals surface area contributed by atoms with E-state index < -0.39 is 11.5 Å². The van der Waals surface area contributed by atoms with Crippen LogP contribution in [0.15, 0.2) is 52.4 Å². The molecule has 0 spiro atoms. The van der Waals surface area contributed by atoms with E-state index >= 15 is 0 Å². The fourth-order valence-corrected chi connectivity index (χ4v) is 4.85. The molecular formula is C26H35ClN2O2. The third-order valence-corrected chi connectivity index (χ3v) is 7.10. The van der Waals surface area contributed by atoms with Crippen LogP contribution in [0, 0.1) is 11.3 Å². The van der Waals surface area contributed by atoms with Crippen molar-refractivity contribution in [2.45, 2.75) is 77.6 Å².